The van der Waals surface area contributed by atoms with Gasteiger partial charge in [0.25, 0.3) is 0 Å². The standard InChI is InChI=1S/C19H12F2/c1-13-6-8-14(9-7-13)10-11-16-12-15-4-2-3-5-17(15)19(21)18(16)20/h2-9,12H,1H3. The Morgan fingerprint density at radius 1 is 0.810 bits per heavy atom. The van der Waals surface area contributed by atoms with Gasteiger partial charge in [-0.15, -0.1) is 0 Å². The number of rotatable bonds is 0. The zero-order valence-corrected chi connectivity index (χ0v) is 11.5. The van der Waals surface area contributed by atoms with E-state index in [0.717, 1.165) is 11.1 Å². The third-order valence-corrected chi connectivity index (χ3v) is 3.32. The second kappa shape index (κ2) is 5.38. The van der Waals surface area contributed by atoms with E-state index >= 15 is 0 Å². The highest BCUT2D eigenvalue weighted by Crippen LogP contribution is 2.23. The Morgan fingerprint density at radius 3 is 2.29 bits per heavy atom. The summed E-state index contributed by atoms with van der Waals surface area (Å²) in [4.78, 5) is 0. The van der Waals surface area contributed by atoms with Crippen LogP contribution in [-0.4, -0.2) is 0 Å². The van der Waals surface area contributed by atoms with Gasteiger partial charge in [0.05, 0.1) is 5.56 Å². The minimum Gasteiger partial charge on any atom is -0.203 e. The van der Waals surface area contributed by atoms with Crippen LogP contribution >= 0.6 is 0 Å². The minimum atomic E-state index is -0.895. The molecule has 0 spiro atoms. The first-order chi connectivity index (χ1) is 10.1. The van der Waals surface area contributed by atoms with Crippen molar-refractivity contribution in [2.45, 2.75) is 6.92 Å². The molecule has 0 aromatic heterocycles. The lowest BCUT2D eigenvalue weighted by molar-refractivity contribution is 0.515. The molecule has 0 aliphatic carbocycles. The molecule has 21 heavy (non-hydrogen) atoms. The predicted molar refractivity (Wildman–Crippen MR) is 81.0 cm³/mol. The van der Waals surface area contributed by atoms with Crippen LogP contribution in [0.25, 0.3) is 10.8 Å². The van der Waals surface area contributed by atoms with Crippen LogP contribution in [0.1, 0.15) is 16.7 Å². The first-order valence-electron chi connectivity index (χ1n) is 6.60. The Hall–Kier alpha value is -2.66. The third kappa shape index (κ3) is 2.64. The average Bonchev–Trinajstić information content (AvgIpc) is 2.51. The van der Waals surface area contributed by atoms with E-state index in [1.165, 1.54) is 0 Å². The summed E-state index contributed by atoms with van der Waals surface area (Å²) in [5.74, 6) is 3.84. The molecule has 0 N–H and O–H groups in total. The van der Waals surface area contributed by atoms with Crippen LogP contribution < -0.4 is 0 Å². The maximum Gasteiger partial charge on any atom is 0.175 e. The Bertz CT molecular complexity index is 866. The van der Waals surface area contributed by atoms with E-state index in [1.54, 1.807) is 30.3 Å². The molecule has 0 aliphatic heterocycles. The monoisotopic (exact) mass is 278 g/mol. The number of hydrogen-bond acceptors (Lipinski definition) is 0. The first kappa shape index (κ1) is 13.3. The molecule has 0 unspecified atom stereocenters. The number of benzene rings is 3. The van der Waals surface area contributed by atoms with Crippen LogP contribution in [0.4, 0.5) is 8.78 Å². The largest absolute Gasteiger partial charge is 0.203 e. The molecule has 0 atom stereocenters. The zero-order valence-electron chi connectivity index (χ0n) is 11.5. The second-order valence-electron chi connectivity index (χ2n) is 4.89. The van der Waals surface area contributed by atoms with E-state index in [-0.39, 0.29) is 10.9 Å². The van der Waals surface area contributed by atoms with Gasteiger partial charge in [-0.3, -0.25) is 0 Å². The maximum atomic E-state index is 14.0. The van der Waals surface area contributed by atoms with E-state index in [1.807, 2.05) is 31.2 Å². The van der Waals surface area contributed by atoms with E-state index < -0.39 is 11.6 Å². The normalized spacial score (nSPS) is 10.2. The minimum absolute atomic E-state index is 0.0757. The van der Waals surface area contributed by atoms with Crippen molar-refractivity contribution in [1.82, 2.24) is 0 Å². The molecule has 3 aromatic carbocycles. The van der Waals surface area contributed by atoms with Crippen molar-refractivity contribution in [3.05, 3.63) is 82.9 Å². The van der Waals surface area contributed by atoms with Crippen LogP contribution in [0.3, 0.4) is 0 Å². The van der Waals surface area contributed by atoms with Gasteiger partial charge in [0, 0.05) is 10.9 Å². The van der Waals surface area contributed by atoms with Crippen molar-refractivity contribution in [2.75, 3.05) is 0 Å². The molecule has 0 heterocycles. The smallest absolute Gasteiger partial charge is 0.175 e. The summed E-state index contributed by atoms with van der Waals surface area (Å²) in [7, 11) is 0. The Kier molecular flexibility index (Phi) is 3.41. The van der Waals surface area contributed by atoms with Crippen molar-refractivity contribution in [2.24, 2.45) is 0 Å². The Morgan fingerprint density at radius 2 is 1.52 bits per heavy atom. The highest BCUT2D eigenvalue weighted by atomic mass is 19.2. The van der Waals surface area contributed by atoms with Crippen molar-refractivity contribution in [3.63, 3.8) is 0 Å². The Labute approximate surface area is 122 Å². The van der Waals surface area contributed by atoms with Gasteiger partial charge >= 0.3 is 0 Å². The lowest BCUT2D eigenvalue weighted by Crippen LogP contribution is -1.92. The van der Waals surface area contributed by atoms with Gasteiger partial charge in [-0.25, -0.2) is 8.78 Å². The topological polar surface area (TPSA) is 0 Å². The quantitative estimate of drug-likeness (QED) is 0.517. The number of aryl methyl sites for hydroxylation is 1. The van der Waals surface area contributed by atoms with Gasteiger partial charge in [-0.05, 0) is 30.5 Å². The van der Waals surface area contributed by atoms with Crippen molar-refractivity contribution in [3.8, 4) is 11.8 Å². The van der Waals surface area contributed by atoms with Gasteiger partial charge in [0.15, 0.2) is 11.6 Å². The molecule has 0 saturated carbocycles. The average molecular weight is 278 g/mol. The van der Waals surface area contributed by atoms with Gasteiger partial charge in [-0.2, -0.15) is 0 Å². The molecule has 0 fully saturated rings. The van der Waals surface area contributed by atoms with E-state index in [9.17, 15) is 8.78 Å². The number of hydrogen-bond donors (Lipinski definition) is 0. The van der Waals surface area contributed by atoms with Gasteiger partial charge in [0.1, 0.15) is 0 Å². The summed E-state index contributed by atoms with van der Waals surface area (Å²) in [6.07, 6.45) is 0. The van der Waals surface area contributed by atoms with Crippen molar-refractivity contribution >= 4 is 10.8 Å². The van der Waals surface area contributed by atoms with Crippen LogP contribution in [0.2, 0.25) is 0 Å². The van der Waals surface area contributed by atoms with Gasteiger partial charge < -0.3 is 0 Å². The van der Waals surface area contributed by atoms with E-state index in [2.05, 4.69) is 11.8 Å². The molecular weight excluding hydrogens is 266 g/mol. The molecular formula is C19H12F2. The summed E-state index contributed by atoms with van der Waals surface area (Å²) in [6.45, 7) is 1.98. The highest BCUT2D eigenvalue weighted by Gasteiger charge is 2.11. The van der Waals surface area contributed by atoms with Gasteiger partial charge in [0.2, 0.25) is 0 Å². The van der Waals surface area contributed by atoms with Crippen molar-refractivity contribution < 1.29 is 8.78 Å². The Balaban J connectivity index is 2.09. The molecule has 0 aliphatic rings. The van der Waals surface area contributed by atoms with Crippen LogP contribution in [0.5, 0.6) is 0 Å². The summed E-state index contributed by atoms with van der Waals surface area (Å²) in [5.41, 5.74) is 1.98. The van der Waals surface area contributed by atoms with Crippen LogP contribution in [-0.2, 0) is 0 Å². The molecule has 0 radical (unpaired) electrons. The summed E-state index contributed by atoms with van der Waals surface area (Å²) < 4.78 is 28.0. The lowest BCUT2D eigenvalue weighted by Gasteiger charge is -2.02. The molecule has 0 nitrogen and oxygen atoms in total. The fraction of sp³-hybridized carbons (Fsp3) is 0.0526. The third-order valence-electron chi connectivity index (χ3n) is 3.32. The fourth-order valence-corrected chi connectivity index (χ4v) is 2.15. The summed E-state index contributed by atoms with van der Waals surface area (Å²) >= 11 is 0. The van der Waals surface area contributed by atoms with E-state index in [4.69, 9.17) is 0 Å². The van der Waals surface area contributed by atoms with Crippen LogP contribution in [0, 0.1) is 30.4 Å². The number of halogens is 2. The molecule has 0 amide bonds. The fourth-order valence-electron chi connectivity index (χ4n) is 2.15. The first-order valence-corrected chi connectivity index (χ1v) is 6.60. The molecule has 2 heteroatoms. The van der Waals surface area contributed by atoms with E-state index in [0.29, 0.717) is 5.39 Å². The second-order valence-corrected chi connectivity index (χ2v) is 4.89. The zero-order chi connectivity index (χ0) is 14.8. The van der Waals surface area contributed by atoms with Gasteiger partial charge in [-0.1, -0.05) is 53.8 Å². The molecule has 102 valence electrons. The summed E-state index contributed by atoms with van der Waals surface area (Å²) in [5, 5.41) is 0.917. The molecule has 0 saturated heterocycles. The SMILES string of the molecule is Cc1ccc(C#Cc2cc3ccccc3c(F)c2F)cc1. The molecule has 3 rings (SSSR count). The lowest BCUT2D eigenvalue weighted by atomic mass is 10.1. The summed E-state index contributed by atoms with van der Waals surface area (Å²) in [6, 6.07) is 15.9. The number of fused-ring (bicyclic) bond motifs is 1. The molecule has 0 bridgehead atoms. The van der Waals surface area contributed by atoms with Crippen LogP contribution in [0.15, 0.2) is 54.6 Å². The highest BCUT2D eigenvalue weighted by molar-refractivity contribution is 5.84. The van der Waals surface area contributed by atoms with Crippen molar-refractivity contribution in [1.29, 1.82) is 0 Å². The predicted octanol–water partition coefficient (Wildman–Crippen LogP) is 4.83. The molecule has 3 aromatic rings. The maximum absolute atomic E-state index is 14.0.